The van der Waals surface area contributed by atoms with Crippen LogP contribution in [0.25, 0.3) is 11.3 Å². The van der Waals surface area contributed by atoms with Gasteiger partial charge in [0.2, 0.25) is 0 Å². The minimum atomic E-state index is 0.0156. The third-order valence-electron chi connectivity index (χ3n) is 6.42. The van der Waals surface area contributed by atoms with E-state index in [0.29, 0.717) is 22.8 Å². The molecule has 6 rings (SSSR count). The number of piperidine rings is 1. The largest absolute Gasteiger partial charge is 0.488 e. The van der Waals surface area contributed by atoms with Gasteiger partial charge < -0.3 is 9.64 Å². The molecule has 2 bridgehead atoms. The Balaban J connectivity index is 1.48. The fourth-order valence-electron chi connectivity index (χ4n) is 4.59. The summed E-state index contributed by atoms with van der Waals surface area (Å²) in [6.07, 6.45) is 4.38. The van der Waals surface area contributed by atoms with Gasteiger partial charge in [0.1, 0.15) is 11.8 Å². The summed E-state index contributed by atoms with van der Waals surface area (Å²) in [6.45, 7) is 4.82. The van der Waals surface area contributed by atoms with Crippen molar-refractivity contribution in [1.29, 1.82) is 0 Å². The van der Waals surface area contributed by atoms with Crippen molar-refractivity contribution < 1.29 is 9.53 Å². The molecule has 0 unspecified atom stereocenters. The Kier molecular flexibility index (Phi) is 4.97. The van der Waals surface area contributed by atoms with E-state index in [0.717, 1.165) is 47.3 Å². The van der Waals surface area contributed by atoms with E-state index in [1.165, 1.54) is 0 Å². The highest BCUT2D eigenvalue weighted by Gasteiger charge is 2.36. The molecule has 6 nitrogen and oxygen atoms in total. The fraction of sp³-hybridized carbons (Fsp3) is 0.375. The molecule has 160 valence electrons. The lowest BCUT2D eigenvalue weighted by atomic mass is 9.93. The first kappa shape index (κ1) is 20.1. The number of carbonyl (C=O) groups excluding carboxylic acids is 1. The number of halogens is 1. The highest BCUT2D eigenvalue weighted by Crippen LogP contribution is 2.40. The number of aryl methyl sites for hydroxylation is 1. The van der Waals surface area contributed by atoms with E-state index in [-0.39, 0.29) is 18.1 Å². The van der Waals surface area contributed by atoms with E-state index in [4.69, 9.17) is 16.3 Å². The first-order chi connectivity index (χ1) is 14.9. The monoisotopic (exact) mass is 436 g/mol. The molecule has 2 aromatic carbocycles. The van der Waals surface area contributed by atoms with Gasteiger partial charge in [-0.2, -0.15) is 0 Å². The molecule has 0 aliphatic carbocycles. The predicted molar refractivity (Wildman–Crippen MR) is 120 cm³/mol. The Morgan fingerprint density at radius 2 is 2.03 bits per heavy atom. The third kappa shape index (κ3) is 3.59. The maximum atomic E-state index is 13.3. The second-order valence-corrected chi connectivity index (χ2v) is 8.99. The Labute approximate surface area is 186 Å². The number of hydrogen-bond donors (Lipinski definition) is 0. The summed E-state index contributed by atoms with van der Waals surface area (Å²) in [4.78, 5) is 15.3. The van der Waals surface area contributed by atoms with Gasteiger partial charge in [0.25, 0.3) is 5.91 Å². The van der Waals surface area contributed by atoms with Crippen molar-refractivity contribution in [3.8, 4) is 17.0 Å². The molecule has 3 aliphatic rings. The zero-order valence-corrected chi connectivity index (χ0v) is 18.7. The third-order valence-corrected chi connectivity index (χ3v) is 6.88. The summed E-state index contributed by atoms with van der Waals surface area (Å²) in [5.74, 6) is 0.564. The van der Waals surface area contributed by atoms with Crippen LogP contribution in [0.5, 0.6) is 5.75 Å². The predicted octanol–water partition coefficient (Wildman–Crippen LogP) is 4.42. The standard InChI is InChI=1S/C24H25ClN4O2/c1-14-10-19-8-9-29(14)24(30)20-12-18(15(2)22(25)23(20)31-19)11-16-4-6-17(7-5-16)21-13-28(3)27-26-21/h4-7,12-14,19H,8-11H2,1-3H3/t14-,19+/m0/s1. The summed E-state index contributed by atoms with van der Waals surface area (Å²) in [5.41, 5.74) is 5.59. The molecule has 4 heterocycles. The number of fused-ring (bicyclic) bond motifs is 2. The van der Waals surface area contributed by atoms with E-state index >= 15 is 0 Å². The average molecular weight is 437 g/mol. The number of aromatic nitrogens is 3. The lowest BCUT2D eigenvalue weighted by molar-refractivity contribution is 0.0349. The zero-order chi connectivity index (χ0) is 21.7. The lowest BCUT2D eigenvalue weighted by Crippen LogP contribution is -2.49. The number of benzene rings is 2. The van der Waals surface area contributed by atoms with E-state index in [1.807, 2.05) is 43.3 Å². The minimum absolute atomic E-state index is 0.0156. The molecule has 3 aromatic rings. The van der Waals surface area contributed by atoms with Crippen molar-refractivity contribution in [3.05, 3.63) is 63.8 Å². The van der Waals surface area contributed by atoms with Gasteiger partial charge in [0.05, 0.1) is 16.8 Å². The second-order valence-electron chi connectivity index (χ2n) is 8.61. The van der Waals surface area contributed by atoms with Gasteiger partial charge in [0.15, 0.2) is 5.75 Å². The molecule has 1 saturated heterocycles. The molecule has 1 fully saturated rings. The van der Waals surface area contributed by atoms with Gasteiger partial charge in [-0.1, -0.05) is 41.1 Å². The SMILES string of the molecule is Cc1c(Cc2ccc(-c3cn(C)nn3)cc2)cc2c(c1Cl)O[C@@H]1CCN(C2=O)[C@@H](C)C1. The number of rotatable bonds is 3. The van der Waals surface area contributed by atoms with Crippen LogP contribution < -0.4 is 4.74 Å². The highest BCUT2D eigenvalue weighted by molar-refractivity contribution is 6.33. The number of carbonyl (C=O) groups is 1. The zero-order valence-electron chi connectivity index (χ0n) is 17.9. The molecule has 0 spiro atoms. The molecule has 0 radical (unpaired) electrons. The van der Waals surface area contributed by atoms with Crippen LogP contribution in [0.3, 0.4) is 0 Å². The summed E-state index contributed by atoms with van der Waals surface area (Å²) in [5, 5.41) is 8.71. The fourth-order valence-corrected chi connectivity index (χ4v) is 4.85. The Hall–Kier alpha value is -2.86. The van der Waals surface area contributed by atoms with Gasteiger partial charge in [-0.05, 0) is 43.0 Å². The summed E-state index contributed by atoms with van der Waals surface area (Å²) in [7, 11) is 1.85. The van der Waals surface area contributed by atoms with E-state index in [2.05, 4.69) is 29.4 Å². The molecule has 31 heavy (non-hydrogen) atoms. The Bertz CT molecular complexity index is 1160. The molecule has 0 N–H and O–H groups in total. The number of nitrogens with zero attached hydrogens (tertiary/aromatic N) is 4. The summed E-state index contributed by atoms with van der Waals surface area (Å²) in [6, 6.07) is 10.4. The van der Waals surface area contributed by atoms with Crippen LogP contribution in [0.4, 0.5) is 0 Å². The molecule has 2 atom stereocenters. The molecule has 1 aromatic heterocycles. The van der Waals surface area contributed by atoms with Crippen molar-refractivity contribution in [2.24, 2.45) is 7.05 Å². The Morgan fingerprint density at radius 3 is 2.71 bits per heavy atom. The second kappa shape index (κ2) is 7.68. The van der Waals surface area contributed by atoms with Crippen molar-refractivity contribution in [2.75, 3.05) is 6.54 Å². The van der Waals surface area contributed by atoms with E-state index in [9.17, 15) is 4.79 Å². The van der Waals surface area contributed by atoms with Crippen LogP contribution in [-0.2, 0) is 13.5 Å². The van der Waals surface area contributed by atoms with E-state index < -0.39 is 0 Å². The number of hydrogen-bond acceptors (Lipinski definition) is 4. The van der Waals surface area contributed by atoms with Crippen molar-refractivity contribution in [2.45, 2.75) is 45.3 Å². The van der Waals surface area contributed by atoms with Crippen molar-refractivity contribution in [1.82, 2.24) is 19.9 Å². The van der Waals surface area contributed by atoms with Gasteiger partial charge in [-0.3, -0.25) is 9.48 Å². The maximum absolute atomic E-state index is 13.3. The minimum Gasteiger partial charge on any atom is -0.488 e. The van der Waals surface area contributed by atoms with Gasteiger partial charge in [-0.15, -0.1) is 5.10 Å². The topological polar surface area (TPSA) is 60.2 Å². The van der Waals surface area contributed by atoms with Crippen LogP contribution in [-0.4, -0.2) is 44.5 Å². The van der Waals surface area contributed by atoms with Crippen LogP contribution in [0.1, 0.15) is 46.8 Å². The first-order valence-corrected chi connectivity index (χ1v) is 11.0. The first-order valence-electron chi connectivity index (χ1n) is 10.7. The average Bonchev–Trinajstić information content (AvgIpc) is 3.19. The molecule has 3 aliphatic heterocycles. The highest BCUT2D eigenvalue weighted by atomic mass is 35.5. The van der Waals surface area contributed by atoms with Gasteiger partial charge >= 0.3 is 0 Å². The van der Waals surface area contributed by atoms with Crippen LogP contribution >= 0.6 is 11.6 Å². The molecular formula is C24H25ClN4O2. The quantitative estimate of drug-likeness (QED) is 0.609. The maximum Gasteiger partial charge on any atom is 0.257 e. The van der Waals surface area contributed by atoms with Crippen molar-refractivity contribution >= 4 is 17.5 Å². The van der Waals surface area contributed by atoms with Crippen LogP contribution in [0.15, 0.2) is 36.5 Å². The molecule has 7 heteroatoms. The lowest BCUT2D eigenvalue weighted by Gasteiger charge is -2.41. The number of amides is 1. The van der Waals surface area contributed by atoms with Crippen LogP contribution in [0.2, 0.25) is 5.02 Å². The normalized spacial score (nSPS) is 20.3. The summed E-state index contributed by atoms with van der Waals surface area (Å²) < 4.78 is 7.94. The van der Waals surface area contributed by atoms with E-state index in [1.54, 1.807) is 4.68 Å². The van der Waals surface area contributed by atoms with Crippen LogP contribution in [0, 0.1) is 6.92 Å². The molecule has 0 saturated carbocycles. The summed E-state index contributed by atoms with van der Waals surface area (Å²) >= 11 is 6.74. The molecule has 1 amide bonds. The molecular weight excluding hydrogens is 412 g/mol. The van der Waals surface area contributed by atoms with Gasteiger partial charge in [0, 0.05) is 38.0 Å². The number of ether oxygens (including phenoxy) is 1. The Morgan fingerprint density at radius 1 is 1.26 bits per heavy atom. The van der Waals surface area contributed by atoms with Crippen molar-refractivity contribution in [3.63, 3.8) is 0 Å². The van der Waals surface area contributed by atoms with Gasteiger partial charge in [-0.25, -0.2) is 0 Å². The smallest absolute Gasteiger partial charge is 0.257 e.